The lowest BCUT2D eigenvalue weighted by atomic mass is 10.1. The van der Waals surface area contributed by atoms with Crippen molar-refractivity contribution < 1.29 is 4.39 Å². The van der Waals surface area contributed by atoms with Crippen LogP contribution in [0.1, 0.15) is 31.2 Å². The van der Waals surface area contributed by atoms with Crippen LogP contribution in [-0.2, 0) is 0 Å². The Balaban J connectivity index is 2.27. The van der Waals surface area contributed by atoms with Gasteiger partial charge in [0.05, 0.1) is 0 Å². The molecule has 2 heteroatoms. The Morgan fingerprint density at radius 3 is 2.50 bits per heavy atom. The van der Waals surface area contributed by atoms with E-state index in [2.05, 4.69) is 6.08 Å². The molecule has 0 bridgehead atoms. The fourth-order valence-electron chi connectivity index (χ4n) is 1.87. The van der Waals surface area contributed by atoms with Gasteiger partial charge in [0.2, 0.25) is 0 Å². The average Bonchev–Trinajstić information content (AvgIpc) is 2.54. The van der Waals surface area contributed by atoms with Crippen LogP contribution in [0.2, 0.25) is 5.02 Å². The average molecular weight is 211 g/mol. The molecule has 0 unspecified atom stereocenters. The highest BCUT2D eigenvalue weighted by atomic mass is 35.5. The number of hydrogen-bond donors (Lipinski definition) is 0. The third-order valence-corrected chi connectivity index (χ3v) is 2.72. The van der Waals surface area contributed by atoms with Gasteiger partial charge in [-0.05, 0) is 49.4 Å². The molecule has 0 aliphatic heterocycles. The minimum Gasteiger partial charge on any atom is -0.207 e. The maximum atomic E-state index is 13.0. The van der Waals surface area contributed by atoms with E-state index in [1.807, 2.05) is 0 Å². The SMILES string of the molecule is Fc1cc(Cl)cc(C=C2CCCC2)c1. The third-order valence-electron chi connectivity index (χ3n) is 2.50. The number of benzene rings is 1. The molecule has 1 fully saturated rings. The molecule has 1 aliphatic carbocycles. The van der Waals surface area contributed by atoms with Crippen LogP contribution >= 0.6 is 11.6 Å². The van der Waals surface area contributed by atoms with Crippen molar-refractivity contribution in [3.63, 3.8) is 0 Å². The molecular weight excluding hydrogens is 199 g/mol. The van der Waals surface area contributed by atoms with E-state index in [0.717, 1.165) is 18.4 Å². The number of hydrogen-bond acceptors (Lipinski definition) is 0. The molecule has 0 amide bonds. The zero-order valence-corrected chi connectivity index (χ0v) is 8.65. The van der Waals surface area contributed by atoms with E-state index >= 15 is 0 Å². The smallest absolute Gasteiger partial charge is 0.125 e. The van der Waals surface area contributed by atoms with Crippen molar-refractivity contribution in [1.82, 2.24) is 0 Å². The van der Waals surface area contributed by atoms with E-state index < -0.39 is 0 Å². The lowest BCUT2D eigenvalue weighted by Gasteiger charge is -1.99. The van der Waals surface area contributed by atoms with Crippen LogP contribution in [0.5, 0.6) is 0 Å². The molecule has 0 nitrogen and oxygen atoms in total. The van der Waals surface area contributed by atoms with Gasteiger partial charge >= 0.3 is 0 Å². The lowest BCUT2D eigenvalue weighted by molar-refractivity contribution is 0.627. The molecule has 1 aromatic rings. The van der Waals surface area contributed by atoms with Crippen LogP contribution in [0.3, 0.4) is 0 Å². The van der Waals surface area contributed by atoms with Gasteiger partial charge in [0.1, 0.15) is 5.82 Å². The maximum absolute atomic E-state index is 13.0. The van der Waals surface area contributed by atoms with Crippen LogP contribution in [0, 0.1) is 5.82 Å². The van der Waals surface area contributed by atoms with E-state index in [0.29, 0.717) is 5.02 Å². The Bertz CT molecular complexity index is 340. The quantitative estimate of drug-likeness (QED) is 0.643. The zero-order chi connectivity index (χ0) is 9.97. The Morgan fingerprint density at radius 2 is 1.86 bits per heavy atom. The summed E-state index contributed by atoms with van der Waals surface area (Å²) in [6.45, 7) is 0. The molecule has 0 atom stereocenters. The lowest BCUT2D eigenvalue weighted by Crippen LogP contribution is -1.80. The molecule has 1 aliphatic rings. The van der Waals surface area contributed by atoms with Crippen LogP contribution in [-0.4, -0.2) is 0 Å². The second-order valence-electron chi connectivity index (χ2n) is 3.71. The Hall–Kier alpha value is -0.820. The summed E-state index contributed by atoms with van der Waals surface area (Å²) in [5.74, 6) is -0.262. The topological polar surface area (TPSA) is 0 Å². The molecule has 1 saturated carbocycles. The summed E-state index contributed by atoms with van der Waals surface area (Å²) >= 11 is 5.77. The summed E-state index contributed by atoms with van der Waals surface area (Å²) in [5.41, 5.74) is 2.29. The summed E-state index contributed by atoms with van der Waals surface area (Å²) < 4.78 is 13.0. The summed E-state index contributed by atoms with van der Waals surface area (Å²) in [5, 5.41) is 0.467. The molecule has 0 aromatic heterocycles. The number of halogens is 2. The molecule has 1 aromatic carbocycles. The fraction of sp³-hybridized carbons (Fsp3) is 0.333. The first kappa shape index (κ1) is 9.72. The first-order chi connectivity index (χ1) is 6.74. The van der Waals surface area contributed by atoms with Gasteiger partial charge in [0.15, 0.2) is 0 Å². The highest BCUT2D eigenvalue weighted by Gasteiger charge is 2.06. The molecule has 0 spiro atoms. The maximum Gasteiger partial charge on any atom is 0.125 e. The molecule has 74 valence electrons. The first-order valence-corrected chi connectivity index (χ1v) is 5.27. The first-order valence-electron chi connectivity index (χ1n) is 4.89. The van der Waals surface area contributed by atoms with Crippen molar-refractivity contribution in [2.75, 3.05) is 0 Å². The highest BCUT2D eigenvalue weighted by molar-refractivity contribution is 6.30. The van der Waals surface area contributed by atoms with Crippen LogP contribution in [0.4, 0.5) is 4.39 Å². The van der Waals surface area contributed by atoms with Gasteiger partial charge in [-0.1, -0.05) is 23.3 Å². The van der Waals surface area contributed by atoms with E-state index in [9.17, 15) is 4.39 Å². The van der Waals surface area contributed by atoms with E-state index in [4.69, 9.17) is 11.6 Å². The van der Waals surface area contributed by atoms with Gasteiger partial charge in [-0.15, -0.1) is 0 Å². The van der Waals surface area contributed by atoms with Crippen molar-refractivity contribution in [2.24, 2.45) is 0 Å². The molecule has 0 saturated heterocycles. The van der Waals surface area contributed by atoms with E-state index in [1.165, 1.54) is 30.5 Å². The van der Waals surface area contributed by atoms with Gasteiger partial charge in [0, 0.05) is 5.02 Å². The third kappa shape index (κ3) is 2.36. The largest absolute Gasteiger partial charge is 0.207 e. The van der Waals surface area contributed by atoms with Crippen LogP contribution in [0.25, 0.3) is 6.08 Å². The Morgan fingerprint density at radius 1 is 1.14 bits per heavy atom. The number of allylic oxidation sites excluding steroid dienone is 1. The molecule has 2 rings (SSSR count). The second-order valence-corrected chi connectivity index (χ2v) is 4.15. The Kier molecular flexibility index (Phi) is 2.87. The minimum atomic E-state index is -0.262. The summed E-state index contributed by atoms with van der Waals surface area (Å²) in [4.78, 5) is 0. The predicted molar refractivity (Wildman–Crippen MR) is 57.9 cm³/mol. The van der Waals surface area contributed by atoms with E-state index in [1.54, 1.807) is 6.07 Å². The molecular formula is C12H12ClF. The highest BCUT2D eigenvalue weighted by Crippen LogP contribution is 2.26. The van der Waals surface area contributed by atoms with Gasteiger partial charge in [-0.25, -0.2) is 4.39 Å². The summed E-state index contributed by atoms with van der Waals surface area (Å²) in [6, 6.07) is 4.66. The standard InChI is InChI=1S/C12H12ClF/c13-11-6-10(7-12(14)8-11)5-9-3-1-2-4-9/h5-8H,1-4H2. The predicted octanol–water partition coefficient (Wildman–Crippen LogP) is 4.44. The van der Waals surface area contributed by atoms with Crippen molar-refractivity contribution in [3.8, 4) is 0 Å². The number of rotatable bonds is 1. The zero-order valence-electron chi connectivity index (χ0n) is 7.89. The van der Waals surface area contributed by atoms with Gasteiger partial charge in [-0.2, -0.15) is 0 Å². The van der Waals surface area contributed by atoms with Crippen molar-refractivity contribution in [1.29, 1.82) is 0 Å². The van der Waals surface area contributed by atoms with Crippen molar-refractivity contribution in [3.05, 3.63) is 40.2 Å². The normalized spacial score (nSPS) is 16.0. The monoisotopic (exact) mass is 210 g/mol. The minimum absolute atomic E-state index is 0.262. The molecule has 0 N–H and O–H groups in total. The van der Waals surface area contributed by atoms with Crippen LogP contribution < -0.4 is 0 Å². The summed E-state index contributed by atoms with van der Waals surface area (Å²) in [6.07, 6.45) is 6.87. The fourth-order valence-corrected chi connectivity index (χ4v) is 2.10. The van der Waals surface area contributed by atoms with Crippen molar-refractivity contribution in [2.45, 2.75) is 25.7 Å². The van der Waals surface area contributed by atoms with Crippen molar-refractivity contribution >= 4 is 17.7 Å². The van der Waals surface area contributed by atoms with Crippen LogP contribution in [0.15, 0.2) is 23.8 Å². The van der Waals surface area contributed by atoms with Gasteiger partial charge in [-0.3, -0.25) is 0 Å². The van der Waals surface area contributed by atoms with E-state index in [-0.39, 0.29) is 5.82 Å². The second kappa shape index (κ2) is 4.14. The molecule has 14 heavy (non-hydrogen) atoms. The van der Waals surface area contributed by atoms with Gasteiger partial charge in [0.25, 0.3) is 0 Å². The molecule has 0 heterocycles. The van der Waals surface area contributed by atoms with Gasteiger partial charge < -0.3 is 0 Å². The Labute approximate surface area is 88.4 Å². The summed E-state index contributed by atoms with van der Waals surface area (Å²) in [7, 11) is 0. The molecule has 0 radical (unpaired) electrons.